The van der Waals surface area contributed by atoms with Crippen molar-refractivity contribution >= 4 is 0 Å². The molecular weight excluding hydrogens is 263 g/mol. The molecule has 0 bridgehead atoms. The highest BCUT2D eigenvalue weighted by atomic mass is 19.1. The Balaban J connectivity index is 2.39. The minimum absolute atomic E-state index is 0.0785. The molecule has 2 unspecified atom stereocenters. The van der Waals surface area contributed by atoms with Gasteiger partial charge in [0.1, 0.15) is 5.82 Å². The van der Waals surface area contributed by atoms with Gasteiger partial charge in [-0.15, -0.1) is 0 Å². The van der Waals surface area contributed by atoms with Gasteiger partial charge in [-0.3, -0.25) is 4.90 Å². The summed E-state index contributed by atoms with van der Waals surface area (Å²) in [4.78, 5) is 2.61. The summed E-state index contributed by atoms with van der Waals surface area (Å²) in [6.45, 7) is 12.1. The summed E-state index contributed by atoms with van der Waals surface area (Å²) < 4.78 is 13.4. The van der Waals surface area contributed by atoms with Gasteiger partial charge in [0.15, 0.2) is 0 Å². The summed E-state index contributed by atoms with van der Waals surface area (Å²) in [5, 5.41) is 3.66. The van der Waals surface area contributed by atoms with E-state index in [2.05, 4.69) is 31.0 Å². The lowest BCUT2D eigenvalue weighted by molar-refractivity contribution is 0.0843. The van der Waals surface area contributed by atoms with Crippen LogP contribution in [-0.2, 0) is 0 Å². The number of rotatable bonds is 6. The molecule has 1 fully saturated rings. The van der Waals surface area contributed by atoms with Crippen LogP contribution in [0.1, 0.15) is 57.2 Å². The smallest absolute Gasteiger partial charge is 0.123 e. The Bertz CT molecular complexity index is 468. The molecule has 1 N–H and O–H groups in total. The second-order valence-corrected chi connectivity index (χ2v) is 6.40. The van der Waals surface area contributed by atoms with Crippen molar-refractivity contribution in [2.75, 3.05) is 19.6 Å². The molecule has 2 rings (SSSR count). The van der Waals surface area contributed by atoms with Crippen LogP contribution < -0.4 is 5.32 Å². The Hall–Kier alpha value is -0.930. The topological polar surface area (TPSA) is 15.3 Å². The largest absolute Gasteiger partial charge is 0.309 e. The Morgan fingerprint density at radius 1 is 1.29 bits per heavy atom. The maximum Gasteiger partial charge on any atom is 0.123 e. The first-order valence-corrected chi connectivity index (χ1v) is 8.27. The average molecular weight is 292 g/mol. The lowest BCUT2D eigenvalue weighted by Gasteiger charge is -2.45. The van der Waals surface area contributed by atoms with E-state index < -0.39 is 0 Å². The lowest BCUT2D eigenvalue weighted by atomic mass is 9.81. The molecular formula is C18H29FN2. The zero-order chi connectivity index (χ0) is 15.5. The fraction of sp³-hybridized carbons (Fsp3) is 0.667. The second-order valence-electron chi connectivity index (χ2n) is 6.40. The van der Waals surface area contributed by atoms with Gasteiger partial charge in [0.25, 0.3) is 0 Å². The first-order valence-electron chi connectivity index (χ1n) is 8.27. The minimum Gasteiger partial charge on any atom is -0.309 e. The van der Waals surface area contributed by atoms with Crippen molar-refractivity contribution < 1.29 is 4.39 Å². The zero-order valence-corrected chi connectivity index (χ0v) is 13.9. The van der Waals surface area contributed by atoms with Gasteiger partial charge in [-0.2, -0.15) is 0 Å². The normalized spacial score (nSPS) is 20.4. The van der Waals surface area contributed by atoms with Crippen LogP contribution in [0.4, 0.5) is 4.39 Å². The van der Waals surface area contributed by atoms with Crippen LogP contribution in [0.5, 0.6) is 0 Å². The van der Waals surface area contributed by atoms with Gasteiger partial charge in [-0.25, -0.2) is 4.39 Å². The highest BCUT2D eigenvalue weighted by Gasteiger charge is 2.40. The van der Waals surface area contributed by atoms with Crippen molar-refractivity contribution in [2.45, 2.75) is 58.5 Å². The van der Waals surface area contributed by atoms with Gasteiger partial charge in [-0.05, 0) is 76.0 Å². The van der Waals surface area contributed by atoms with Crippen molar-refractivity contribution in [2.24, 2.45) is 0 Å². The number of halogens is 1. The molecule has 2 nitrogen and oxygen atoms in total. The fourth-order valence-electron chi connectivity index (χ4n) is 3.67. The molecule has 3 heteroatoms. The Morgan fingerprint density at radius 3 is 2.48 bits per heavy atom. The molecule has 0 radical (unpaired) electrons. The van der Waals surface area contributed by atoms with E-state index in [0.717, 1.165) is 18.5 Å². The number of likely N-dealkylation sites (N-methyl/N-ethyl adjacent to an activating group) is 1. The number of hydrogen-bond acceptors (Lipinski definition) is 2. The fourth-order valence-corrected chi connectivity index (χ4v) is 3.67. The van der Waals surface area contributed by atoms with E-state index in [9.17, 15) is 4.39 Å². The number of aryl methyl sites for hydroxylation is 1. The third kappa shape index (κ3) is 3.29. The number of benzene rings is 1. The number of nitrogens with zero attached hydrogens (tertiary/aromatic N) is 1. The number of nitrogens with one attached hydrogen (secondary N) is 1. The van der Waals surface area contributed by atoms with Crippen LogP contribution >= 0.6 is 0 Å². The maximum absolute atomic E-state index is 13.4. The molecule has 1 aliphatic heterocycles. The summed E-state index contributed by atoms with van der Waals surface area (Å²) in [5.74, 6) is -0.147. The van der Waals surface area contributed by atoms with E-state index in [1.54, 1.807) is 12.1 Å². The lowest BCUT2D eigenvalue weighted by Crippen LogP contribution is -2.53. The number of hydrogen-bond donors (Lipinski definition) is 1. The van der Waals surface area contributed by atoms with Crippen LogP contribution in [0.15, 0.2) is 18.2 Å². The highest BCUT2D eigenvalue weighted by molar-refractivity contribution is 5.32. The molecule has 1 saturated heterocycles. The van der Waals surface area contributed by atoms with Crippen molar-refractivity contribution in [3.8, 4) is 0 Å². The van der Waals surface area contributed by atoms with Gasteiger partial charge in [0.2, 0.25) is 0 Å². The molecule has 0 spiro atoms. The first kappa shape index (κ1) is 16.4. The van der Waals surface area contributed by atoms with Crippen LogP contribution in [0.2, 0.25) is 0 Å². The minimum atomic E-state index is -0.147. The average Bonchev–Trinajstić information content (AvgIpc) is 2.99. The summed E-state index contributed by atoms with van der Waals surface area (Å²) in [6.07, 6.45) is 3.66. The monoisotopic (exact) mass is 292 g/mol. The Kier molecular flexibility index (Phi) is 5.39. The summed E-state index contributed by atoms with van der Waals surface area (Å²) >= 11 is 0. The molecule has 21 heavy (non-hydrogen) atoms. The molecule has 0 amide bonds. The summed E-state index contributed by atoms with van der Waals surface area (Å²) in [5.41, 5.74) is 2.35. The summed E-state index contributed by atoms with van der Waals surface area (Å²) in [6, 6.07) is 5.44. The molecule has 1 aromatic rings. The van der Waals surface area contributed by atoms with Crippen LogP contribution in [0.3, 0.4) is 0 Å². The predicted molar refractivity (Wildman–Crippen MR) is 87.1 cm³/mol. The highest BCUT2D eigenvalue weighted by Crippen LogP contribution is 2.37. The van der Waals surface area contributed by atoms with Gasteiger partial charge in [-0.1, -0.05) is 19.9 Å². The quantitative estimate of drug-likeness (QED) is 0.851. The molecule has 0 aromatic heterocycles. The third-order valence-electron chi connectivity index (χ3n) is 5.12. The third-order valence-corrected chi connectivity index (χ3v) is 5.12. The van der Waals surface area contributed by atoms with Crippen molar-refractivity contribution in [3.63, 3.8) is 0 Å². The summed E-state index contributed by atoms with van der Waals surface area (Å²) in [7, 11) is 0. The van der Waals surface area contributed by atoms with E-state index in [1.165, 1.54) is 31.5 Å². The van der Waals surface area contributed by atoms with Gasteiger partial charge in [0, 0.05) is 5.54 Å². The molecule has 0 aliphatic carbocycles. The van der Waals surface area contributed by atoms with Gasteiger partial charge >= 0.3 is 0 Å². The van der Waals surface area contributed by atoms with Gasteiger partial charge < -0.3 is 5.32 Å². The van der Waals surface area contributed by atoms with E-state index in [-0.39, 0.29) is 17.4 Å². The van der Waals surface area contributed by atoms with Gasteiger partial charge in [0.05, 0.1) is 6.04 Å². The van der Waals surface area contributed by atoms with Crippen molar-refractivity contribution in [1.82, 2.24) is 10.2 Å². The molecule has 118 valence electrons. The van der Waals surface area contributed by atoms with Crippen LogP contribution in [0, 0.1) is 12.7 Å². The van der Waals surface area contributed by atoms with Crippen LogP contribution in [0.25, 0.3) is 0 Å². The molecule has 1 heterocycles. The van der Waals surface area contributed by atoms with Crippen molar-refractivity contribution in [1.29, 1.82) is 0 Å². The molecule has 2 atom stereocenters. The second kappa shape index (κ2) is 6.89. The molecule has 1 aliphatic rings. The first-order chi connectivity index (χ1) is 10.0. The van der Waals surface area contributed by atoms with E-state index in [1.807, 2.05) is 13.0 Å². The zero-order valence-electron chi connectivity index (χ0n) is 13.9. The van der Waals surface area contributed by atoms with Crippen LogP contribution in [-0.4, -0.2) is 30.1 Å². The molecule has 1 aromatic carbocycles. The standard InChI is InChI=1S/C18H29FN2/c1-5-18(4,21-11-7-8-12-21)17(20-6-2)16-10-9-15(19)13-14(16)3/h9-10,13,17,20H,5-8,11-12H2,1-4H3. The Labute approximate surface area is 128 Å². The van der Waals surface area contributed by atoms with Crippen molar-refractivity contribution in [3.05, 3.63) is 35.1 Å². The predicted octanol–water partition coefficient (Wildman–Crippen LogP) is 4.05. The van der Waals surface area contributed by atoms with E-state index >= 15 is 0 Å². The SMILES string of the molecule is CCNC(c1ccc(F)cc1C)C(C)(CC)N1CCCC1. The Morgan fingerprint density at radius 2 is 1.95 bits per heavy atom. The number of likely N-dealkylation sites (tertiary alicyclic amines) is 1. The van der Waals surface area contributed by atoms with E-state index in [0.29, 0.717) is 0 Å². The van der Waals surface area contributed by atoms with E-state index in [4.69, 9.17) is 0 Å². The molecule has 0 saturated carbocycles. The maximum atomic E-state index is 13.4.